The van der Waals surface area contributed by atoms with Crippen LogP contribution < -0.4 is 5.32 Å². The Kier molecular flexibility index (Phi) is 4.71. The summed E-state index contributed by atoms with van der Waals surface area (Å²) in [5.74, 6) is 0. The summed E-state index contributed by atoms with van der Waals surface area (Å²) >= 11 is 0. The Balaban J connectivity index is 1.83. The summed E-state index contributed by atoms with van der Waals surface area (Å²) in [7, 11) is 0. The first-order valence-corrected chi connectivity index (χ1v) is 8.04. The largest absolute Gasteiger partial charge is 0.314 e. The summed E-state index contributed by atoms with van der Waals surface area (Å²) < 4.78 is 0. The molecule has 0 spiro atoms. The fourth-order valence-corrected chi connectivity index (χ4v) is 4.82. The van der Waals surface area contributed by atoms with E-state index in [1.807, 2.05) is 0 Å². The van der Waals surface area contributed by atoms with Crippen molar-refractivity contribution in [2.45, 2.75) is 59.3 Å². The molecule has 2 aliphatic rings. The Labute approximate surface area is 114 Å². The minimum Gasteiger partial charge on any atom is -0.314 e. The third-order valence-electron chi connectivity index (χ3n) is 4.98. The second-order valence-corrected chi connectivity index (χ2v) is 7.19. The van der Waals surface area contributed by atoms with Crippen LogP contribution >= 0.6 is 0 Å². The van der Waals surface area contributed by atoms with Crippen LogP contribution in [0.1, 0.15) is 59.3 Å². The molecule has 0 radical (unpaired) electrons. The van der Waals surface area contributed by atoms with Gasteiger partial charge < -0.3 is 10.2 Å². The first kappa shape index (κ1) is 14.3. The average molecular weight is 252 g/mol. The molecule has 1 aliphatic heterocycles. The van der Waals surface area contributed by atoms with Gasteiger partial charge in [0.1, 0.15) is 0 Å². The maximum Gasteiger partial charge on any atom is 0.0108 e. The summed E-state index contributed by atoms with van der Waals surface area (Å²) in [6.45, 7) is 13.4. The van der Waals surface area contributed by atoms with Crippen molar-refractivity contribution in [3.63, 3.8) is 0 Å². The van der Waals surface area contributed by atoms with Crippen LogP contribution in [-0.4, -0.2) is 37.6 Å². The van der Waals surface area contributed by atoms with E-state index in [4.69, 9.17) is 0 Å². The first-order chi connectivity index (χ1) is 8.61. The molecule has 0 aromatic carbocycles. The number of nitrogens with one attached hydrogen (secondary N) is 1. The van der Waals surface area contributed by atoms with E-state index in [1.54, 1.807) is 0 Å². The molecule has 1 aliphatic carbocycles. The lowest BCUT2D eigenvalue weighted by atomic mass is 9.50. The van der Waals surface area contributed by atoms with E-state index in [9.17, 15) is 0 Å². The number of rotatable bonds is 6. The van der Waals surface area contributed by atoms with Crippen LogP contribution in [0.15, 0.2) is 0 Å². The second-order valence-electron chi connectivity index (χ2n) is 7.19. The predicted octanol–water partition coefficient (Wildman–Crippen LogP) is 3.28. The molecule has 18 heavy (non-hydrogen) atoms. The van der Waals surface area contributed by atoms with Crippen molar-refractivity contribution in [1.29, 1.82) is 0 Å². The van der Waals surface area contributed by atoms with E-state index in [0.717, 1.165) is 0 Å². The quantitative estimate of drug-likeness (QED) is 0.780. The molecule has 2 heteroatoms. The molecule has 1 saturated carbocycles. The third kappa shape index (κ3) is 3.27. The molecule has 1 N–H and O–H groups in total. The van der Waals surface area contributed by atoms with E-state index < -0.39 is 0 Å². The molecule has 0 unspecified atom stereocenters. The van der Waals surface area contributed by atoms with Gasteiger partial charge in [-0.3, -0.25) is 0 Å². The minimum atomic E-state index is 0.613. The maximum atomic E-state index is 3.45. The number of hydrogen-bond donors (Lipinski definition) is 1. The van der Waals surface area contributed by atoms with Crippen molar-refractivity contribution in [3.8, 4) is 0 Å². The Morgan fingerprint density at radius 1 is 1.00 bits per heavy atom. The molecule has 2 nitrogen and oxygen atoms in total. The molecular formula is C16H32N2. The van der Waals surface area contributed by atoms with Crippen molar-refractivity contribution < 1.29 is 0 Å². The van der Waals surface area contributed by atoms with Crippen molar-refractivity contribution in [2.75, 3.05) is 32.7 Å². The zero-order valence-corrected chi connectivity index (χ0v) is 12.7. The van der Waals surface area contributed by atoms with Crippen LogP contribution in [0, 0.1) is 10.8 Å². The monoisotopic (exact) mass is 252 g/mol. The lowest BCUT2D eigenvalue weighted by molar-refractivity contribution is -0.0627. The molecule has 0 aromatic rings. The zero-order chi connectivity index (χ0) is 13.1. The highest BCUT2D eigenvalue weighted by atomic mass is 15.2. The lowest BCUT2D eigenvalue weighted by Crippen LogP contribution is -2.54. The minimum absolute atomic E-state index is 0.613. The molecule has 2 fully saturated rings. The highest BCUT2D eigenvalue weighted by Gasteiger charge is 2.50. The Bertz CT molecular complexity index is 242. The zero-order valence-electron chi connectivity index (χ0n) is 12.7. The molecule has 1 saturated heterocycles. The fourth-order valence-electron chi connectivity index (χ4n) is 4.82. The Morgan fingerprint density at radius 3 is 2.06 bits per heavy atom. The summed E-state index contributed by atoms with van der Waals surface area (Å²) in [6.07, 6.45) is 8.60. The predicted molar refractivity (Wildman–Crippen MR) is 78.9 cm³/mol. The van der Waals surface area contributed by atoms with Gasteiger partial charge in [0.2, 0.25) is 0 Å². The van der Waals surface area contributed by atoms with Gasteiger partial charge in [-0.25, -0.2) is 0 Å². The van der Waals surface area contributed by atoms with Crippen LogP contribution in [-0.2, 0) is 0 Å². The first-order valence-electron chi connectivity index (χ1n) is 8.04. The van der Waals surface area contributed by atoms with Crippen molar-refractivity contribution in [2.24, 2.45) is 10.8 Å². The van der Waals surface area contributed by atoms with Gasteiger partial charge in [0, 0.05) is 32.7 Å². The molecule has 0 aromatic heterocycles. The summed E-state index contributed by atoms with van der Waals surface area (Å²) in [5, 5.41) is 3.45. The topological polar surface area (TPSA) is 15.3 Å². The Hall–Kier alpha value is -0.0800. The average Bonchev–Trinajstić information content (AvgIpc) is 2.29. The van der Waals surface area contributed by atoms with E-state index in [0.29, 0.717) is 10.8 Å². The van der Waals surface area contributed by atoms with Crippen LogP contribution in [0.3, 0.4) is 0 Å². The smallest absolute Gasteiger partial charge is 0.0108 e. The molecule has 0 atom stereocenters. The van der Waals surface area contributed by atoms with E-state index in [2.05, 4.69) is 31.0 Å². The van der Waals surface area contributed by atoms with Gasteiger partial charge in [0.15, 0.2) is 0 Å². The summed E-state index contributed by atoms with van der Waals surface area (Å²) in [5.41, 5.74) is 1.33. The lowest BCUT2D eigenvalue weighted by Gasteiger charge is -2.57. The maximum absolute atomic E-state index is 3.45. The van der Waals surface area contributed by atoms with Crippen molar-refractivity contribution in [1.82, 2.24) is 10.2 Å². The normalized spacial score (nSPS) is 26.8. The van der Waals surface area contributed by atoms with Crippen LogP contribution in [0.4, 0.5) is 0 Å². The van der Waals surface area contributed by atoms with Gasteiger partial charge in [-0.1, -0.05) is 33.6 Å². The van der Waals surface area contributed by atoms with E-state index in [1.165, 1.54) is 71.2 Å². The van der Waals surface area contributed by atoms with Crippen LogP contribution in [0.5, 0.6) is 0 Å². The number of hydrogen-bond acceptors (Lipinski definition) is 2. The van der Waals surface area contributed by atoms with Gasteiger partial charge in [-0.15, -0.1) is 0 Å². The van der Waals surface area contributed by atoms with Crippen LogP contribution in [0.2, 0.25) is 0 Å². The van der Waals surface area contributed by atoms with Gasteiger partial charge in [0.05, 0.1) is 0 Å². The van der Waals surface area contributed by atoms with E-state index >= 15 is 0 Å². The van der Waals surface area contributed by atoms with Gasteiger partial charge >= 0.3 is 0 Å². The highest BCUT2D eigenvalue weighted by Crippen LogP contribution is 2.59. The molecule has 0 bridgehead atoms. The summed E-state index contributed by atoms with van der Waals surface area (Å²) in [4.78, 5) is 2.68. The third-order valence-corrected chi connectivity index (χ3v) is 4.98. The molecule has 2 rings (SSSR count). The fraction of sp³-hybridized carbons (Fsp3) is 1.00. The molecule has 106 valence electrons. The van der Waals surface area contributed by atoms with Gasteiger partial charge in [-0.2, -0.15) is 0 Å². The molecule has 1 heterocycles. The number of nitrogens with zero attached hydrogens (tertiary/aromatic N) is 1. The summed E-state index contributed by atoms with van der Waals surface area (Å²) in [6, 6.07) is 0. The van der Waals surface area contributed by atoms with Crippen LogP contribution in [0.25, 0.3) is 0 Å². The molecular weight excluding hydrogens is 220 g/mol. The van der Waals surface area contributed by atoms with E-state index in [-0.39, 0.29) is 0 Å². The SMILES string of the molecule is CCCC1(CCC)CC(C)(CN2CCNCC2)C1. The van der Waals surface area contributed by atoms with Gasteiger partial charge in [-0.05, 0) is 36.5 Å². The van der Waals surface area contributed by atoms with Crippen molar-refractivity contribution >= 4 is 0 Å². The Morgan fingerprint density at radius 2 is 1.56 bits per heavy atom. The molecule has 0 amide bonds. The standard InChI is InChI=1S/C16H32N2/c1-4-6-16(7-5-2)12-15(3,13-16)14-18-10-8-17-9-11-18/h17H,4-14H2,1-3H3. The highest BCUT2D eigenvalue weighted by molar-refractivity contribution is 5.02. The number of piperazine rings is 1. The van der Waals surface area contributed by atoms with Gasteiger partial charge in [0.25, 0.3) is 0 Å². The van der Waals surface area contributed by atoms with Crippen molar-refractivity contribution in [3.05, 3.63) is 0 Å². The second kappa shape index (κ2) is 5.92.